The zero-order chi connectivity index (χ0) is 17.1. The topological polar surface area (TPSA) is 127 Å². The number of hydrogen-bond acceptors (Lipinski definition) is 6. The molecule has 0 saturated heterocycles. The highest BCUT2D eigenvalue weighted by Crippen LogP contribution is 2.17. The van der Waals surface area contributed by atoms with Crippen molar-refractivity contribution < 1.29 is 9.59 Å². The molecule has 0 spiro atoms. The lowest BCUT2D eigenvalue weighted by Gasteiger charge is -2.00. The summed E-state index contributed by atoms with van der Waals surface area (Å²) in [6, 6.07) is 1.88. The molecule has 3 aromatic heterocycles. The smallest absolute Gasteiger partial charge is 0.226 e. The van der Waals surface area contributed by atoms with Gasteiger partial charge in [-0.2, -0.15) is 0 Å². The fourth-order valence-electron chi connectivity index (χ4n) is 2.08. The third kappa shape index (κ3) is 4.15. The van der Waals surface area contributed by atoms with Crippen LogP contribution in [0.4, 0.5) is 5.13 Å². The molecule has 0 fully saturated rings. The van der Waals surface area contributed by atoms with Gasteiger partial charge in [-0.25, -0.2) is 15.0 Å². The maximum Gasteiger partial charge on any atom is 0.226 e. The average molecular weight is 409 g/mol. The van der Waals surface area contributed by atoms with Crippen molar-refractivity contribution in [2.45, 2.75) is 19.3 Å². The van der Waals surface area contributed by atoms with Crippen LogP contribution in [0.5, 0.6) is 0 Å². The van der Waals surface area contributed by atoms with Gasteiger partial charge < -0.3 is 16.0 Å². The molecule has 0 bridgehead atoms. The minimum absolute atomic E-state index is 0.0634. The lowest BCUT2D eigenvalue weighted by atomic mass is 10.3. The van der Waals surface area contributed by atoms with Gasteiger partial charge in [-0.15, -0.1) is 11.3 Å². The van der Waals surface area contributed by atoms with Gasteiger partial charge in [0.25, 0.3) is 0 Å². The fourth-order valence-corrected chi connectivity index (χ4v) is 3.14. The molecule has 3 rings (SSSR count). The average Bonchev–Trinajstić information content (AvgIpc) is 3.10. The third-order valence-electron chi connectivity index (χ3n) is 3.10. The number of thiazole rings is 1. The number of primary amides is 1. The third-order valence-corrected chi connectivity index (χ3v) is 4.34. The summed E-state index contributed by atoms with van der Waals surface area (Å²) in [5.41, 5.74) is 7.09. The number of halogens is 1. The highest BCUT2D eigenvalue weighted by Gasteiger charge is 2.10. The second-order valence-electron chi connectivity index (χ2n) is 5.04. The molecular formula is C14H13BrN6O2S. The van der Waals surface area contributed by atoms with Gasteiger partial charge >= 0.3 is 0 Å². The molecule has 0 radical (unpaired) electrons. The van der Waals surface area contributed by atoms with Crippen LogP contribution < -0.4 is 11.1 Å². The molecule has 8 nitrogen and oxygen atoms in total. The van der Waals surface area contributed by atoms with Gasteiger partial charge in [0.05, 0.1) is 17.6 Å². The molecule has 0 atom stereocenters. The molecule has 0 aromatic carbocycles. The number of anilines is 1. The summed E-state index contributed by atoms with van der Waals surface area (Å²) in [7, 11) is 0. The molecule has 0 aliphatic rings. The highest BCUT2D eigenvalue weighted by molar-refractivity contribution is 9.10. The lowest BCUT2D eigenvalue weighted by Crippen LogP contribution is -2.15. The van der Waals surface area contributed by atoms with Crippen molar-refractivity contribution in [1.29, 1.82) is 0 Å². The van der Waals surface area contributed by atoms with Crippen LogP contribution in [-0.4, -0.2) is 31.8 Å². The number of carbonyl (C=O) groups excluding carboxylic acids is 2. The number of hydrogen-bond donors (Lipinski definition) is 3. The number of nitrogens with one attached hydrogen (secondary N) is 2. The number of nitrogens with two attached hydrogens (primary N) is 1. The Morgan fingerprint density at radius 2 is 2.21 bits per heavy atom. The number of amides is 2. The maximum atomic E-state index is 12.0. The Morgan fingerprint density at radius 1 is 1.38 bits per heavy atom. The number of imidazole rings is 1. The largest absolute Gasteiger partial charge is 0.369 e. The number of aromatic nitrogens is 4. The Bertz CT molecular complexity index is 906. The highest BCUT2D eigenvalue weighted by atomic mass is 79.9. The van der Waals surface area contributed by atoms with Gasteiger partial charge in [-0.05, 0) is 22.0 Å². The minimum Gasteiger partial charge on any atom is -0.369 e. The van der Waals surface area contributed by atoms with Gasteiger partial charge in [-0.1, -0.05) is 0 Å². The Hall–Kier alpha value is -2.33. The van der Waals surface area contributed by atoms with E-state index in [0.717, 1.165) is 9.99 Å². The van der Waals surface area contributed by atoms with Gasteiger partial charge in [0.1, 0.15) is 5.82 Å². The summed E-state index contributed by atoms with van der Waals surface area (Å²) < 4.78 is 0.860. The van der Waals surface area contributed by atoms with E-state index in [9.17, 15) is 9.59 Å². The van der Waals surface area contributed by atoms with Crippen molar-refractivity contribution in [2.24, 2.45) is 5.73 Å². The van der Waals surface area contributed by atoms with Crippen molar-refractivity contribution in [3.63, 3.8) is 0 Å². The van der Waals surface area contributed by atoms with E-state index in [1.165, 1.54) is 11.3 Å². The fraction of sp³-hybridized carbons (Fsp3) is 0.214. The summed E-state index contributed by atoms with van der Waals surface area (Å²) in [6.07, 6.45) is 2.45. The van der Waals surface area contributed by atoms with Crippen molar-refractivity contribution in [3.8, 4) is 0 Å². The molecule has 10 heteroatoms. The van der Waals surface area contributed by atoms with E-state index in [1.54, 1.807) is 11.6 Å². The summed E-state index contributed by atoms with van der Waals surface area (Å²) in [5, 5.41) is 4.85. The van der Waals surface area contributed by atoms with Gasteiger partial charge in [0.2, 0.25) is 11.8 Å². The Morgan fingerprint density at radius 3 is 3.00 bits per heavy atom. The van der Waals surface area contributed by atoms with Crippen molar-refractivity contribution in [3.05, 3.63) is 33.6 Å². The summed E-state index contributed by atoms with van der Waals surface area (Å²) >= 11 is 4.61. The molecule has 3 aromatic rings. The lowest BCUT2D eigenvalue weighted by molar-refractivity contribution is -0.117. The van der Waals surface area contributed by atoms with E-state index < -0.39 is 5.91 Å². The predicted molar refractivity (Wildman–Crippen MR) is 93.6 cm³/mol. The molecule has 0 aliphatic carbocycles. The number of aromatic amines is 1. The monoisotopic (exact) mass is 408 g/mol. The van der Waals surface area contributed by atoms with Crippen LogP contribution >= 0.6 is 27.3 Å². The van der Waals surface area contributed by atoms with Crippen molar-refractivity contribution >= 4 is 55.4 Å². The zero-order valence-corrected chi connectivity index (χ0v) is 14.8. The number of rotatable bonds is 6. The number of H-pyrrole nitrogens is 1. The van der Waals surface area contributed by atoms with Crippen molar-refractivity contribution in [1.82, 2.24) is 19.9 Å². The second kappa shape index (κ2) is 7.05. The quantitative estimate of drug-likeness (QED) is 0.572. The first-order valence-corrected chi connectivity index (χ1v) is 8.69. The summed E-state index contributed by atoms with van der Waals surface area (Å²) in [6.45, 7) is 0. The standard InChI is InChI=1S/C14H13BrN6O2S/c15-7-3-9-13(17-5-7)20-11(19-9)1-2-12(23)21-14-18-8(6-24-14)4-10(16)22/h3,5-6H,1-2,4H2,(H2,16,22)(H,17,19,20)(H,18,21,23). The zero-order valence-electron chi connectivity index (χ0n) is 12.4. The van der Waals surface area contributed by atoms with Crippen molar-refractivity contribution in [2.75, 3.05) is 5.32 Å². The van der Waals surface area contributed by atoms with E-state index in [0.29, 0.717) is 28.7 Å². The first-order chi connectivity index (χ1) is 11.5. The minimum atomic E-state index is -0.455. The molecule has 124 valence electrons. The Balaban J connectivity index is 1.56. The molecule has 3 heterocycles. The molecule has 2 amide bonds. The number of carbonyl (C=O) groups is 2. The van der Waals surface area contributed by atoms with Crippen LogP contribution in [0.3, 0.4) is 0 Å². The maximum absolute atomic E-state index is 12.0. The van der Waals surface area contributed by atoms with Gasteiger partial charge in [-0.3, -0.25) is 9.59 Å². The Kier molecular flexibility index (Phi) is 4.86. The number of pyridine rings is 1. The first-order valence-electron chi connectivity index (χ1n) is 7.02. The first kappa shape index (κ1) is 16.5. The van der Waals surface area contributed by atoms with Crippen LogP contribution in [0, 0.1) is 0 Å². The molecule has 0 aliphatic heterocycles. The van der Waals surface area contributed by atoms with Crippen LogP contribution in [0.25, 0.3) is 11.2 Å². The van der Waals surface area contributed by atoms with Crippen LogP contribution in [0.15, 0.2) is 22.1 Å². The summed E-state index contributed by atoms with van der Waals surface area (Å²) in [5.74, 6) is 0.0622. The number of fused-ring (bicyclic) bond motifs is 1. The molecule has 0 unspecified atom stereocenters. The predicted octanol–water partition coefficient (Wildman–Crippen LogP) is 1.78. The SMILES string of the molecule is NC(=O)Cc1csc(NC(=O)CCc2nc3ncc(Br)cc3[nH]2)n1. The summed E-state index contributed by atoms with van der Waals surface area (Å²) in [4.78, 5) is 38.6. The molecular weight excluding hydrogens is 396 g/mol. The molecule has 4 N–H and O–H groups in total. The van der Waals surface area contributed by atoms with Crippen LogP contribution in [0.2, 0.25) is 0 Å². The van der Waals surface area contributed by atoms with E-state index in [1.807, 2.05) is 6.07 Å². The number of nitrogens with zero attached hydrogens (tertiary/aromatic N) is 3. The van der Waals surface area contributed by atoms with E-state index in [2.05, 4.69) is 41.2 Å². The normalized spacial score (nSPS) is 10.9. The van der Waals surface area contributed by atoms with E-state index in [4.69, 9.17) is 5.73 Å². The molecule has 0 saturated carbocycles. The second-order valence-corrected chi connectivity index (χ2v) is 6.82. The number of aryl methyl sites for hydroxylation is 1. The van der Waals surface area contributed by atoms with Gasteiger partial charge in [0.15, 0.2) is 10.8 Å². The van der Waals surface area contributed by atoms with E-state index >= 15 is 0 Å². The van der Waals surface area contributed by atoms with Crippen LogP contribution in [-0.2, 0) is 22.4 Å². The molecule has 24 heavy (non-hydrogen) atoms. The Labute approximate surface area is 149 Å². The van der Waals surface area contributed by atoms with E-state index in [-0.39, 0.29) is 18.7 Å². The van der Waals surface area contributed by atoms with Crippen LogP contribution in [0.1, 0.15) is 17.9 Å². The van der Waals surface area contributed by atoms with Gasteiger partial charge in [0, 0.05) is 28.9 Å².